The number of rotatable bonds is 5. The maximum atomic E-state index is 13.1. The molecule has 0 unspecified atom stereocenters. The van der Waals surface area contributed by atoms with Gasteiger partial charge in [-0.25, -0.2) is 8.42 Å². The summed E-state index contributed by atoms with van der Waals surface area (Å²) in [5, 5.41) is 0. The molecule has 2 heterocycles. The van der Waals surface area contributed by atoms with E-state index in [4.69, 9.17) is 0 Å². The predicted octanol–water partition coefficient (Wildman–Crippen LogP) is 4.35. The zero-order chi connectivity index (χ0) is 19.7. The summed E-state index contributed by atoms with van der Waals surface area (Å²) in [4.78, 5) is 13.1. The summed E-state index contributed by atoms with van der Waals surface area (Å²) in [7, 11) is -2.93. The van der Waals surface area contributed by atoms with Crippen molar-refractivity contribution in [1.82, 2.24) is 4.57 Å². The van der Waals surface area contributed by atoms with Crippen molar-refractivity contribution in [3.63, 3.8) is 0 Å². The monoisotopic (exact) mass is 421 g/mol. The molecular formula is C22H31NO3S2. The van der Waals surface area contributed by atoms with Gasteiger partial charge in [-0.15, -0.1) is 11.8 Å². The van der Waals surface area contributed by atoms with Crippen LogP contribution in [0.2, 0.25) is 0 Å². The predicted molar refractivity (Wildman–Crippen MR) is 114 cm³/mol. The first-order chi connectivity index (χ1) is 13.2. The lowest BCUT2D eigenvalue weighted by Gasteiger charge is -2.56. The number of nitrogens with zero attached hydrogens (tertiary/aromatic N) is 1. The minimum atomic E-state index is -2.93. The summed E-state index contributed by atoms with van der Waals surface area (Å²) in [5.74, 6) is 3.98. The number of carbonyl (C=O) groups excluding carboxylic acids is 1. The van der Waals surface area contributed by atoms with E-state index >= 15 is 0 Å². The zero-order valence-electron chi connectivity index (χ0n) is 16.9. The number of aromatic nitrogens is 1. The van der Waals surface area contributed by atoms with Crippen LogP contribution in [-0.4, -0.2) is 40.8 Å². The van der Waals surface area contributed by atoms with Crippen LogP contribution in [0.5, 0.6) is 0 Å². The summed E-state index contributed by atoms with van der Waals surface area (Å²) in [6.07, 6.45) is 8.90. The average molecular weight is 422 g/mol. The second-order valence-corrected chi connectivity index (χ2v) is 13.7. The van der Waals surface area contributed by atoms with Gasteiger partial charge in [0.05, 0.1) is 17.3 Å². The second-order valence-electron chi connectivity index (χ2n) is 10.0. The molecule has 0 spiro atoms. The van der Waals surface area contributed by atoms with Crippen LogP contribution in [0.4, 0.5) is 0 Å². The van der Waals surface area contributed by atoms with Crippen molar-refractivity contribution in [2.24, 2.45) is 17.8 Å². The van der Waals surface area contributed by atoms with Crippen molar-refractivity contribution in [2.45, 2.75) is 69.6 Å². The van der Waals surface area contributed by atoms with E-state index in [0.717, 1.165) is 34.7 Å². The van der Waals surface area contributed by atoms with Crippen molar-refractivity contribution in [1.29, 1.82) is 0 Å². The highest BCUT2D eigenvalue weighted by atomic mass is 32.2. The van der Waals surface area contributed by atoms with E-state index in [2.05, 4.69) is 4.57 Å². The fraction of sp³-hybridized carbons (Fsp3) is 0.773. The number of carbonyl (C=O) groups is 1. The van der Waals surface area contributed by atoms with Crippen LogP contribution in [0.3, 0.4) is 0 Å². The van der Waals surface area contributed by atoms with Gasteiger partial charge in [-0.1, -0.05) is 0 Å². The maximum Gasteiger partial charge on any atom is 0.174 e. The fourth-order valence-corrected chi connectivity index (χ4v) is 10.5. The van der Waals surface area contributed by atoms with Gasteiger partial charge >= 0.3 is 0 Å². The normalized spacial score (nSPS) is 38.2. The van der Waals surface area contributed by atoms with E-state index in [-0.39, 0.29) is 23.3 Å². The average Bonchev–Trinajstić information content (AvgIpc) is 3.10. The molecule has 1 aromatic heterocycles. The molecule has 0 radical (unpaired) electrons. The molecule has 0 aromatic carbocycles. The highest BCUT2D eigenvalue weighted by Gasteiger charge is 2.51. The van der Waals surface area contributed by atoms with Gasteiger partial charge in [0.2, 0.25) is 0 Å². The molecule has 28 heavy (non-hydrogen) atoms. The number of hydrogen-bond acceptors (Lipinski definition) is 4. The molecule has 4 bridgehead atoms. The third kappa shape index (κ3) is 3.28. The Hall–Kier alpha value is -0.750. The van der Waals surface area contributed by atoms with Crippen molar-refractivity contribution < 1.29 is 13.2 Å². The van der Waals surface area contributed by atoms with E-state index in [1.165, 1.54) is 38.5 Å². The van der Waals surface area contributed by atoms with E-state index in [0.29, 0.717) is 16.9 Å². The van der Waals surface area contributed by atoms with Gasteiger partial charge in [0, 0.05) is 27.7 Å². The van der Waals surface area contributed by atoms with E-state index in [1.807, 2.05) is 31.7 Å². The first-order valence-electron chi connectivity index (χ1n) is 10.8. The molecule has 4 saturated carbocycles. The van der Waals surface area contributed by atoms with Crippen LogP contribution < -0.4 is 0 Å². The Balaban J connectivity index is 1.31. The molecule has 4 aliphatic carbocycles. The van der Waals surface area contributed by atoms with Crippen molar-refractivity contribution >= 4 is 27.4 Å². The number of ketones is 1. The van der Waals surface area contributed by atoms with Gasteiger partial charge < -0.3 is 4.57 Å². The summed E-state index contributed by atoms with van der Waals surface area (Å²) >= 11 is 1.94. The van der Waals surface area contributed by atoms with Crippen LogP contribution >= 0.6 is 11.8 Å². The van der Waals surface area contributed by atoms with Crippen molar-refractivity contribution in [3.05, 3.63) is 23.0 Å². The number of Topliss-reactive ketones (excluding diaryl/α,β-unsaturated/α-hetero) is 1. The van der Waals surface area contributed by atoms with Crippen LogP contribution in [0.1, 0.15) is 72.7 Å². The molecule has 154 valence electrons. The molecule has 1 saturated heterocycles. The first kappa shape index (κ1) is 19.2. The molecule has 5 aliphatic rings. The van der Waals surface area contributed by atoms with Gasteiger partial charge in [-0.05, 0) is 82.6 Å². The highest BCUT2D eigenvalue weighted by molar-refractivity contribution is 8.01. The van der Waals surface area contributed by atoms with Gasteiger partial charge in [-0.3, -0.25) is 4.79 Å². The molecule has 4 nitrogen and oxygen atoms in total. The van der Waals surface area contributed by atoms with E-state index < -0.39 is 9.84 Å². The molecule has 1 aromatic rings. The van der Waals surface area contributed by atoms with Crippen LogP contribution in [0, 0.1) is 31.6 Å². The third-order valence-electron chi connectivity index (χ3n) is 7.85. The lowest BCUT2D eigenvalue weighted by molar-refractivity contribution is 0.0383. The zero-order valence-corrected chi connectivity index (χ0v) is 18.6. The molecule has 0 amide bonds. The summed E-state index contributed by atoms with van der Waals surface area (Å²) in [6.45, 7) is 3.99. The number of sulfone groups is 1. The van der Waals surface area contributed by atoms with Crippen molar-refractivity contribution in [2.75, 3.05) is 17.3 Å². The lowest BCUT2D eigenvalue weighted by atomic mass is 9.56. The van der Waals surface area contributed by atoms with E-state index in [1.54, 1.807) is 0 Å². The Bertz CT molecular complexity index is 879. The standard InChI is InChI=1S/C22H31NO3S2/c1-14-5-20(15(2)23(14)19-3-4-28(25,26)13-19)21(24)12-27-22-9-16-6-17(10-22)8-18(7-16)11-22/h5,16-19H,3-4,6-13H2,1-2H3/t16?,17?,18?,19-,22?/m0/s1. The van der Waals surface area contributed by atoms with Crippen LogP contribution in [0.15, 0.2) is 6.07 Å². The molecule has 1 atom stereocenters. The molecule has 1 aliphatic heterocycles. The van der Waals surface area contributed by atoms with Gasteiger partial charge in [0.15, 0.2) is 15.6 Å². The van der Waals surface area contributed by atoms with Crippen LogP contribution in [-0.2, 0) is 9.84 Å². The SMILES string of the molecule is Cc1cc(C(=O)CSC23CC4CC(CC(C4)C2)C3)c(C)n1[C@H]1CCS(=O)(=O)C1. The van der Waals surface area contributed by atoms with Gasteiger partial charge in [-0.2, -0.15) is 0 Å². The maximum absolute atomic E-state index is 13.1. The first-order valence-corrected chi connectivity index (χ1v) is 13.6. The Kier molecular flexibility index (Phi) is 4.55. The highest BCUT2D eigenvalue weighted by Crippen LogP contribution is 2.60. The fourth-order valence-electron chi connectivity index (χ4n) is 7.10. The van der Waals surface area contributed by atoms with Gasteiger partial charge in [0.25, 0.3) is 0 Å². The van der Waals surface area contributed by atoms with Crippen LogP contribution in [0.25, 0.3) is 0 Å². The quantitative estimate of drug-likeness (QED) is 0.663. The smallest absolute Gasteiger partial charge is 0.174 e. The summed E-state index contributed by atoms with van der Waals surface area (Å²) in [5.41, 5.74) is 2.78. The number of thioether (sulfide) groups is 1. The van der Waals surface area contributed by atoms with E-state index in [9.17, 15) is 13.2 Å². The molecule has 5 fully saturated rings. The topological polar surface area (TPSA) is 56.1 Å². The minimum absolute atomic E-state index is 0.0117. The van der Waals surface area contributed by atoms with Gasteiger partial charge in [0.1, 0.15) is 0 Å². The molecule has 6 heteroatoms. The Morgan fingerprint density at radius 3 is 2.29 bits per heavy atom. The third-order valence-corrected chi connectivity index (χ3v) is 11.1. The lowest BCUT2D eigenvalue weighted by Crippen LogP contribution is -2.48. The number of hydrogen-bond donors (Lipinski definition) is 0. The molecule has 6 rings (SSSR count). The summed E-state index contributed by atoms with van der Waals surface area (Å²) in [6, 6.07) is 1.98. The molecule has 0 N–H and O–H groups in total. The van der Waals surface area contributed by atoms with Crippen molar-refractivity contribution in [3.8, 4) is 0 Å². The minimum Gasteiger partial charge on any atom is -0.344 e. The largest absolute Gasteiger partial charge is 0.344 e. The Morgan fingerprint density at radius 1 is 1.14 bits per heavy atom. The Morgan fingerprint density at radius 2 is 1.75 bits per heavy atom. The Labute approximate surface area is 172 Å². The number of aryl methyl sites for hydroxylation is 1. The molecular weight excluding hydrogens is 390 g/mol. The second kappa shape index (κ2) is 6.63. The summed E-state index contributed by atoms with van der Waals surface area (Å²) < 4.78 is 26.3.